The molecule has 0 fully saturated rings. The van der Waals surface area contributed by atoms with Gasteiger partial charge in [0.15, 0.2) is 18.1 Å². The lowest BCUT2D eigenvalue weighted by molar-refractivity contribution is -0.142. The summed E-state index contributed by atoms with van der Waals surface area (Å²) in [5.74, 6) is -0.621. The number of hydrogen-bond acceptors (Lipinski definition) is 5. The fourth-order valence-electron chi connectivity index (χ4n) is 2.54. The number of esters is 1. The molecule has 5 nitrogen and oxygen atoms in total. The van der Waals surface area contributed by atoms with Crippen LogP contribution in [-0.2, 0) is 21.6 Å². The van der Waals surface area contributed by atoms with Gasteiger partial charge in [0.2, 0.25) is 0 Å². The number of hydrogen-bond donors (Lipinski definition) is 0. The zero-order valence-corrected chi connectivity index (χ0v) is 18.1. The molecule has 0 N–H and O–H groups in total. The molecule has 0 bridgehead atoms. The van der Waals surface area contributed by atoms with Gasteiger partial charge < -0.3 is 13.6 Å². The van der Waals surface area contributed by atoms with E-state index in [1.165, 1.54) is 6.92 Å². The number of ether oxygens (including phenoxy) is 1. The van der Waals surface area contributed by atoms with E-state index in [1.54, 1.807) is 0 Å². The Morgan fingerprint density at radius 3 is 2.15 bits per heavy atom. The predicted octanol–water partition coefficient (Wildman–Crippen LogP) is 5.70. The lowest BCUT2D eigenvalue weighted by Gasteiger charge is -2.41. The van der Waals surface area contributed by atoms with Crippen LogP contribution in [0.15, 0.2) is 49.6 Å². The van der Waals surface area contributed by atoms with Gasteiger partial charge >= 0.3 is 11.8 Å². The molecule has 0 saturated carbocycles. The van der Waals surface area contributed by atoms with E-state index in [0.29, 0.717) is 5.76 Å². The highest BCUT2D eigenvalue weighted by Crippen LogP contribution is 2.47. The summed E-state index contributed by atoms with van der Waals surface area (Å²) in [6.07, 6.45) is 9.96. The largest absolute Gasteiger partial charge is 0.519 e. The topological polar surface area (TPSA) is 69.7 Å². The van der Waals surface area contributed by atoms with Crippen molar-refractivity contribution in [3.63, 3.8) is 0 Å². The maximum atomic E-state index is 11.7. The van der Waals surface area contributed by atoms with E-state index >= 15 is 0 Å². The Morgan fingerprint density at radius 2 is 1.67 bits per heavy atom. The van der Waals surface area contributed by atoms with Gasteiger partial charge in [-0.2, -0.15) is 0 Å². The molecule has 0 saturated heterocycles. The fourth-order valence-corrected chi connectivity index (χ4v) is 2.54. The van der Waals surface area contributed by atoms with E-state index in [9.17, 15) is 9.59 Å². The molecule has 5 heteroatoms. The van der Waals surface area contributed by atoms with E-state index in [4.69, 9.17) is 13.6 Å². The van der Waals surface area contributed by atoms with Crippen molar-refractivity contribution in [1.82, 2.24) is 0 Å². The smallest absolute Gasteiger partial charge is 0.458 e. The van der Waals surface area contributed by atoms with Crippen LogP contribution < -0.4 is 5.82 Å². The number of allylic oxidation sites excluding steroid dienone is 6. The minimum Gasteiger partial charge on any atom is -0.458 e. The van der Waals surface area contributed by atoms with Crippen LogP contribution >= 0.6 is 0 Å². The summed E-state index contributed by atoms with van der Waals surface area (Å²) >= 11 is 0. The van der Waals surface area contributed by atoms with Gasteiger partial charge in [-0.3, -0.25) is 4.79 Å². The molecular formula is C22H34O5. The van der Waals surface area contributed by atoms with E-state index in [0.717, 1.165) is 5.57 Å². The maximum absolute atomic E-state index is 11.7. The maximum Gasteiger partial charge on any atom is 0.519 e. The highest BCUT2D eigenvalue weighted by atomic mass is 16.6. The summed E-state index contributed by atoms with van der Waals surface area (Å²) in [7, 11) is 0. The predicted molar refractivity (Wildman–Crippen MR) is 109 cm³/mol. The Hall–Kier alpha value is -2.30. The van der Waals surface area contributed by atoms with Crippen LogP contribution in [0.3, 0.4) is 0 Å². The molecule has 0 unspecified atom stereocenters. The molecule has 152 valence electrons. The molecular weight excluding hydrogens is 344 g/mol. The molecule has 1 aromatic rings. The number of rotatable bonds is 7. The van der Waals surface area contributed by atoms with Crippen LogP contribution in [0.5, 0.6) is 0 Å². The van der Waals surface area contributed by atoms with Gasteiger partial charge in [-0.05, 0) is 19.4 Å². The molecule has 1 rings (SSSR count). The zero-order chi connectivity index (χ0) is 21.3. The number of carbonyl (C=O) groups is 1. The summed E-state index contributed by atoms with van der Waals surface area (Å²) in [6, 6.07) is 0. The first kappa shape index (κ1) is 24.7. The van der Waals surface area contributed by atoms with E-state index in [1.807, 2.05) is 71.9 Å². The Labute approximate surface area is 162 Å². The first-order chi connectivity index (χ1) is 12.6. The molecule has 0 radical (unpaired) electrons. The second-order valence-corrected chi connectivity index (χ2v) is 6.88. The Bertz CT molecular complexity index is 739. The quantitative estimate of drug-likeness (QED) is 0.449. The van der Waals surface area contributed by atoms with Gasteiger partial charge in [0, 0.05) is 17.8 Å². The van der Waals surface area contributed by atoms with Crippen LogP contribution in [0.2, 0.25) is 0 Å². The highest BCUT2D eigenvalue weighted by molar-refractivity contribution is 5.65. The summed E-state index contributed by atoms with van der Waals surface area (Å²) in [5.41, 5.74) is 0.0751. The summed E-state index contributed by atoms with van der Waals surface area (Å²) in [5, 5.41) is 0. The van der Waals surface area contributed by atoms with Crippen molar-refractivity contribution in [1.29, 1.82) is 0 Å². The average Bonchev–Trinajstić information content (AvgIpc) is 2.99. The van der Waals surface area contributed by atoms with Crippen LogP contribution in [0, 0.1) is 5.41 Å². The first-order valence-electron chi connectivity index (χ1n) is 9.30. The van der Waals surface area contributed by atoms with Gasteiger partial charge in [0.05, 0.1) is 0 Å². The molecule has 0 aliphatic carbocycles. The Morgan fingerprint density at radius 1 is 1.07 bits per heavy atom. The van der Waals surface area contributed by atoms with Crippen LogP contribution in [0.4, 0.5) is 0 Å². The van der Waals surface area contributed by atoms with Gasteiger partial charge in [-0.25, -0.2) is 4.79 Å². The van der Waals surface area contributed by atoms with E-state index in [-0.39, 0.29) is 12.4 Å². The normalized spacial score (nSPS) is 13.0. The molecule has 1 heterocycles. The summed E-state index contributed by atoms with van der Waals surface area (Å²) in [4.78, 5) is 22.8. The van der Waals surface area contributed by atoms with Gasteiger partial charge in [0.1, 0.15) is 0 Å². The molecule has 0 atom stereocenters. The third-order valence-electron chi connectivity index (χ3n) is 4.72. The highest BCUT2D eigenvalue weighted by Gasteiger charge is 2.45. The Kier molecular flexibility index (Phi) is 9.84. The SMILES string of the molecule is CC.C\C=C/C=C(\C=C/C)C(C)(C)C(C)(C)c1oc(=O)oc1COC(C)=O. The van der Waals surface area contributed by atoms with Crippen molar-refractivity contribution < 1.29 is 18.4 Å². The third-order valence-corrected chi connectivity index (χ3v) is 4.72. The molecule has 0 aliphatic heterocycles. The van der Waals surface area contributed by atoms with Crippen molar-refractivity contribution in [2.45, 2.75) is 74.3 Å². The summed E-state index contributed by atoms with van der Waals surface area (Å²) in [6.45, 7) is 17.2. The first-order valence-corrected chi connectivity index (χ1v) is 9.30. The lowest BCUT2D eigenvalue weighted by atomic mass is 9.62. The van der Waals surface area contributed by atoms with E-state index in [2.05, 4.69) is 13.8 Å². The minimum absolute atomic E-state index is 0.132. The van der Waals surface area contributed by atoms with Crippen molar-refractivity contribution in [2.75, 3.05) is 0 Å². The molecule has 1 aromatic heterocycles. The number of carbonyl (C=O) groups excluding carboxylic acids is 1. The van der Waals surface area contributed by atoms with E-state index < -0.39 is 22.6 Å². The lowest BCUT2D eigenvalue weighted by Crippen LogP contribution is -2.38. The molecule has 0 amide bonds. The third kappa shape index (κ3) is 6.12. The fraction of sp³-hybridized carbons (Fsp3) is 0.545. The van der Waals surface area contributed by atoms with Gasteiger partial charge in [0.25, 0.3) is 0 Å². The monoisotopic (exact) mass is 378 g/mol. The standard InChI is InChI=1S/C20H28O5.C2H6/c1-8-10-12-15(11-9-2)19(4,5)20(6,7)17-16(13-23-14(3)21)24-18(22)25-17;1-2/h8-12H,13H2,1-7H3;1-2H3/b10-8-,11-9-,15-12+;. The van der Waals surface area contributed by atoms with Crippen LogP contribution in [0.1, 0.15) is 73.8 Å². The van der Waals surface area contributed by atoms with Crippen LogP contribution in [0.25, 0.3) is 0 Å². The van der Waals surface area contributed by atoms with Crippen molar-refractivity contribution in [2.24, 2.45) is 5.41 Å². The van der Waals surface area contributed by atoms with Crippen molar-refractivity contribution in [3.8, 4) is 0 Å². The zero-order valence-electron chi connectivity index (χ0n) is 18.1. The molecule has 0 aliphatic rings. The molecule has 27 heavy (non-hydrogen) atoms. The van der Waals surface area contributed by atoms with Gasteiger partial charge in [-0.15, -0.1) is 0 Å². The summed E-state index contributed by atoms with van der Waals surface area (Å²) < 4.78 is 15.5. The Balaban J connectivity index is 0.00000326. The second kappa shape index (κ2) is 10.8. The average molecular weight is 379 g/mol. The van der Waals surface area contributed by atoms with Crippen molar-refractivity contribution >= 4 is 5.97 Å². The van der Waals surface area contributed by atoms with Crippen LogP contribution in [-0.4, -0.2) is 5.97 Å². The molecule has 0 aromatic carbocycles. The second-order valence-electron chi connectivity index (χ2n) is 6.88. The van der Waals surface area contributed by atoms with Gasteiger partial charge in [-0.1, -0.05) is 71.9 Å². The minimum atomic E-state index is -0.800. The van der Waals surface area contributed by atoms with Crippen molar-refractivity contribution in [3.05, 3.63) is 58.1 Å². The molecule has 0 spiro atoms.